The van der Waals surface area contributed by atoms with Crippen molar-refractivity contribution >= 4 is 23.0 Å². The van der Waals surface area contributed by atoms with E-state index in [2.05, 4.69) is 19.2 Å². The van der Waals surface area contributed by atoms with Gasteiger partial charge in [-0.25, -0.2) is 0 Å². The number of aliphatic hydroxyl groups is 1. The molecule has 5 rings (SSSR count). The van der Waals surface area contributed by atoms with Crippen molar-refractivity contribution in [3.8, 4) is 5.75 Å². The van der Waals surface area contributed by atoms with Crippen LogP contribution in [-0.4, -0.2) is 28.6 Å². The zero-order valence-corrected chi connectivity index (χ0v) is 18.4. The SMILES string of the molecule is Cc1ccc(C(=O)NC23C(=O)C4=C(C=CCC4N)C2(O)Oc2cc(C(C)C)ccc23)s1. The van der Waals surface area contributed by atoms with Crippen molar-refractivity contribution in [1.82, 2.24) is 5.32 Å². The van der Waals surface area contributed by atoms with Crippen LogP contribution in [0.4, 0.5) is 0 Å². The van der Waals surface area contributed by atoms with E-state index >= 15 is 0 Å². The second kappa shape index (κ2) is 6.63. The molecule has 1 aliphatic heterocycles. The number of aryl methyl sites for hydroxylation is 1. The minimum atomic E-state index is -2.06. The number of nitrogens with one attached hydrogen (secondary N) is 1. The van der Waals surface area contributed by atoms with Crippen LogP contribution in [0.25, 0.3) is 0 Å². The van der Waals surface area contributed by atoms with E-state index in [4.69, 9.17) is 10.5 Å². The minimum Gasteiger partial charge on any atom is -0.454 e. The first kappa shape index (κ1) is 20.2. The van der Waals surface area contributed by atoms with Gasteiger partial charge >= 0.3 is 0 Å². The molecule has 2 aromatic rings. The van der Waals surface area contributed by atoms with Crippen LogP contribution >= 0.6 is 11.3 Å². The lowest BCUT2D eigenvalue weighted by Crippen LogP contribution is -2.63. The van der Waals surface area contributed by atoms with Crippen molar-refractivity contribution in [2.75, 3.05) is 0 Å². The Labute approximate surface area is 184 Å². The molecule has 0 radical (unpaired) electrons. The topological polar surface area (TPSA) is 102 Å². The van der Waals surface area contributed by atoms with Crippen LogP contribution in [-0.2, 0) is 10.3 Å². The van der Waals surface area contributed by atoms with Gasteiger partial charge in [0.1, 0.15) is 5.75 Å². The molecule has 3 unspecified atom stereocenters. The van der Waals surface area contributed by atoms with E-state index in [1.54, 1.807) is 18.2 Å². The molecule has 4 N–H and O–H groups in total. The number of thiophene rings is 1. The summed E-state index contributed by atoms with van der Waals surface area (Å²) < 4.78 is 6.10. The summed E-state index contributed by atoms with van der Waals surface area (Å²) in [5.41, 5.74) is 6.55. The van der Waals surface area contributed by atoms with Gasteiger partial charge in [0.25, 0.3) is 11.7 Å². The number of ketones is 1. The Hall–Kier alpha value is -2.74. The summed E-state index contributed by atoms with van der Waals surface area (Å²) in [6.45, 7) is 6.01. The molecule has 6 nitrogen and oxygen atoms in total. The monoisotopic (exact) mass is 436 g/mol. The number of carbonyl (C=O) groups excluding carboxylic acids is 2. The maximum atomic E-state index is 13.9. The van der Waals surface area contributed by atoms with E-state index in [9.17, 15) is 14.7 Å². The minimum absolute atomic E-state index is 0.233. The van der Waals surface area contributed by atoms with Crippen LogP contribution in [0.1, 0.15) is 51.9 Å². The molecule has 0 saturated heterocycles. The highest BCUT2D eigenvalue weighted by Crippen LogP contribution is 2.57. The average Bonchev–Trinajstić information content (AvgIpc) is 3.32. The van der Waals surface area contributed by atoms with Crippen molar-refractivity contribution in [2.45, 2.75) is 50.5 Å². The van der Waals surface area contributed by atoms with Crippen LogP contribution in [0.5, 0.6) is 5.75 Å². The summed E-state index contributed by atoms with van der Waals surface area (Å²) in [5, 5.41) is 14.8. The first-order valence-electron chi connectivity index (χ1n) is 10.4. The van der Waals surface area contributed by atoms with Crippen molar-refractivity contribution in [3.05, 3.63) is 74.5 Å². The fourth-order valence-electron chi connectivity index (χ4n) is 4.77. The Balaban J connectivity index is 1.71. The summed E-state index contributed by atoms with van der Waals surface area (Å²) in [6.07, 6.45) is 3.99. The van der Waals surface area contributed by atoms with Gasteiger partial charge < -0.3 is 20.9 Å². The molecule has 2 heterocycles. The Morgan fingerprint density at radius 2 is 2.10 bits per heavy atom. The highest BCUT2D eigenvalue weighted by Gasteiger charge is 2.72. The van der Waals surface area contributed by atoms with E-state index in [1.165, 1.54) is 11.3 Å². The van der Waals surface area contributed by atoms with Gasteiger partial charge in [0.15, 0.2) is 5.78 Å². The van der Waals surface area contributed by atoms with Crippen molar-refractivity contribution < 1.29 is 19.4 Å². The Morgan fingerprint density at radius 1 is 1.32 bits per heavy atom. The first-order chi connectivity index (χ1) is 14.7. The third-order valence-corrected chi connectivity index (χ3v) is 7.39. The molecule has 0 spiro atoms. The predicted molar refractivity (Wildman–Crippen MR) is 118 cm³/mol. The number of carbonyl (C=O) groups is 2. The highest BCUT2D eigenvalue weighted by molar-refractivity contribution is 7.13. The van der Waals surface area contributed by atoms with Crippen LogP contribution in [0.3, 0.4) is 0 Å². The molecular formula is C24H24N2O4S. The van der Waals surface area contributed by atoms with E-state index in [1.807, 2.05) is 31.2 Å². The van der Waals surface area contributed by atoms with Gasteiger partial charge in [-0.2, -0.15) is 0 Å². The number of ether oxygens (including phenoxy) is 1. The third kappa shape index (κ3) is 2.57. The number of rotatable bonds is 3. The molecule has 1 aromatic heterocycles. The van der Waals surface area contributed by atoms with E-state index < -0.39 is 29.1 Å². The molecule has 2 aliphatic carbocycles. The number of hydrogen-bond acceptors (Lipinski definition) is 6. The lowest BCUT2D eigenvalue weighted by molar-refractivity contribution is -0.154. The molecule has 0 fully saturated rings. The fraction of sp³-hybridized carbons (Fsp3) is 0.333. The van der Waals surface area contributed by atoms with Crippen LogP contribution in [0.2, 0.25) is 0 Å². The zero-order valence-electron chi connectivity index (χ0n) is 17.6. The molecule has 3 aliphatic rings. The molecule has 1 aromatic carbocycles. The normalized spacial score (nSPS) is 28.5. The number of Topliss-reactive ketones (excluding diaryl/α,β-unsaturated/α-hetero) is 1. The van der Waals surface area contributed by atoms with Gasteiger partial charge in [-0.15, -0.1) is 11.3 Å². The molecular weight excluding hydrogens is 412 g/mol. The van der Waals surface area contributed by atoms with Crippen molar-refractivity contribution in [1.29, 1.82) is 0 Å². The van der Waals surface area contributed by atoms with Gasteiger partial charge in [0.05, 0.1) is 4.88 Å². The summed E-state index contributed by atoms with van der Waals surface area (Å²) >= 11 is 1.33. The number of fused-ring (bicyclic) bond motifs is 4. The number of amides is 1. The molecule has 31 heavy (non-hydrogen) atoms. The highest BCUT2D eigenvalue weighted by atomic mass is 32.1. The lowest BCUT2D eigenvalue weighted by atomic mass is 9.81. The number of hydrogen-bond donors (Lipinski definition) is 3. The fourth-order valence-corrected chi connectivity index (χ4v) is 5.53. The number of benzene rings is 1. The standard InChI is InChI=1S/C24H24N2O4S/c1-12(2)14-8-9-15-18(11-14)30-24(29)16-5-4-6-17(25)20(16)21(27)23(15,24)26-22(28)19-10-7-13(3)31-19/h4-5,7-12,17,29H,6,25H2,1-3H3,(H,26,28). The van der Waals surface area contributed by atoms with Crippen molar-refractivity contribution in [2.24, 2.45) is 5.73 Å². The second-order valence-electron chi connectivity index (χ2n) is 8.67. The maximum Gasteiger partial charge on any atom is 0.270 e. The van der Waals surface area contributed by atoms with Crippen LogP contribution < -0.4 is 15.8 Å². The molecule has 1 amide bonds. The van der Waals surface area contributed by atoms with Gasteiger partial charge in [-0.05, 0) is 43.0 Å². The zero-order chi connectivity index (χ0) is 22.1. The average molecular weight is 437 g/mol. The van der Waals surface area contributed by atoms with Gasteiger partial charge in [0.2, 0.25) is 5.54 Å². The maximum absolute atomic E-state index is 13.9. The van der Waals surface area contributed by atoms with Gasteiger partial charge in [0, 0.05) is 27.6 Å². The van der Waals surface area contributed by atoms with Gasteiger partial charge in [-0.1, -0.05) is 38.1 Å². The molecule has 0 saturated carbocycles. The Morgan fingerprint density at radius 3 is 2.77 bits per heavy atom. The first-order valence-corrected chi connectivity index (χ1v) is 11.2. The lowest BCUT2D eigenvalue weighted by Gasteiger charge is -2.35. The van der Waals surface area contributed by atoms with E-state index in [-0.39, 0.29) is 5.92 Å². The summed E-state index contributed by atoms with van der Waals surface area (Å²) in [4.78, 5) is 28.5. The summed E-state index contributed by atoms with van der Waals surface area (Å²) in [6, 6.07) is 8.50. The Bertz CT molecular complexity index is 1190. The van der Waals surface area contributed by atoms with Crippen LogP contribution in [0.15, 0.2) is 53.6 Å². The predicted octanol–water partition coefficient (Wildman–Crippen LogP) is 3.05. The van der Waals surface area contributed by atoms with Crippen LogP contribution in [0, 0.1) is 6.92 Å². The largest absolute Gasteiger partial charge is 0.454 e. The summed E-state index contributed by atoms with van der Waals surface area (Å²) in [7, 11) is 0. The van der Waals surface area contributed by atoms with E-state index in [0.717, 1.165) is 10.4 Å². The number of nitrogens with two attached hydrogens (primary N) is 1. The molecule has 0 bridgehead atoms. The quantitative estimate of drug-likeness (QED) is 0.686. The van der Waals surface area contributed by atoms with Gasteiger partial charge in [-0.3, -0.25) is 9.59 Å². The smallest absolute Gasteiger partial charge is 0.270 e. The second-order valence-corrected chi connectivity index (χ2v) is 9.96. The third-order valence-electron chi connectivity index (χ3n) is 6.39. The molecule has 7 heteroatoms. The molecule has 160 valence electrons. The Kier molecular flexibility index (Phi) is 4.31. The van der Waals surface area contributed by atoms with Crippen molar-refractivity contribution in [3.63, 3.8) is 0 Å². The van der Waals surface area contributed by atoms with E-state index in [0.29, 0.717) is 33.8 Å². The summed E-state index contributed by atoms with van der Waals surface area (Å²) in [5.74, 6) is -2.29. The molecule has 3 atom stereocenters.